The highest BCUT2D eigenvalue weighted by molar-refractivity contribution is 6.30. The topological polar surface area (TPSA) is 35.2 Å². The summed E-state index contributed by atoms with van der Waals surface area (Å²) in [6, 6.07) is 5.73. The number of methoxy groups -OCH3 is 1. The van der Waals surface area contributed by atoms with Gasteiger partial charge >= 0.3 is 0 Å². The molecule has 0 amide bonds. The van der Waals surface area contributed by atoms with Crippen LogP contribution in [0.3, 0.4) is 0 Å². The number of hydrogen-bond donors (Lipinski definition) is 1. The molecule has 0 spiro atoms. The van der Waals surface area contributed by atoms with Gasteiger partial charge in [-0.05, 0) is 36.5 Å². The van der Waals surface area contributed by atoms with Gasteiger partial charge in [-0.2, -0.15) is 0 Å². The van der Waals surface area contributed by atoms with Crippen molar-refractivity contribution in [3.63, 3.8) is 0 Å². The van der Waals surface area contributed by atoms with Crippen LogP contribution in [0.15, 0.2) is 18.2 Å². The lowest BCUT2D eigenvalue weighted by molar-refractivity contribution is 0.140. The first kappa shape index (κ1) is 13.7. The molecule has 2 N–H and O–H groups in total. The predicted molar refractivity (Wildman–Crippen MR) is 76.0 cm³/mol. The van der Waals surface area contributed by atoms with Crippen LogP contribution in [0, 0.1) is 11.8 Å². The van der Waals surface area contributed by atoms with Crippen LogP contribution in [0.2, 0.25) is 5.02 Å². The second-order valence-corrected chi connectivity index (χ2v) is 5.98. The molecule has 0 bridgehead atoms. The molecule has 2 nitrogen and oxygen atoms in total. The highest BCUT2D eigenvalue weighted by atomic mass is 35.5. The summed E-state index contributed by atoms with van der Waals surface area (Å²) >= 11 is 6.13. The van der Waals surface area contributed by atoms with Crippen LogP contribution in [0.4, 0.5) is 0 Å². The van der Waals surface area contributed by atoms with Crippen LogP contribution >= 0.6 is 11.6 Å². The standard InChI is InChI=1S/C15H22ClNO/c1-10-5-4-8-15(17,11(10)2)13-9-12(16)6-7-14(13)18-3/h6-7,9-11H,4-5,8,17H2,1-3H3. The van der Waals surface area contributed by atoms with Crippen LogP contribution in [-0.2, 0) is 5.54 Å². The van der Waals surface area contributed by atoms with E-state index in [4.69, 9.17) is 22.1 Å². The molecule has 3 atom stereocenters. The number of halogens is 1. The first-order valence-corrected chi connectivity index (χ1v) is 6.99. The van der Waals surface area contributed by atoms with Crippen molar-refractivity contribution < 1.29 is 4.74 Å². The van der Waals surface area contributed by atoms with Gasteiger partial charge < -0.3 is 10.5 Å². The Balaban J connectivity index is 2.48. The third-order valence-electron chi connectivity index (χ3n) is 4.58. The molecule has 3 heteroatoms. The van der Waals surface area contributed by atoms with E-state index < -0.39 is 0 Å². The molecule has 1 aliphatic rings. The van der Waals surface area contributed by atoms with E-state index >= 15 is 0 Å². The van der Waals surface area contributed by atoms with Crippen molar-refractivity contribution >= 4 is 11.6 Å². The Bertz CT molecular complexity index is 435. The molecule has 0 heterocycles. The number of benzene rings is 1. The summed E-state index contributed by atoms with van der Waals surface area (Å²) in [5.41, 5.74) is 7.45. The van der Waals surface area contributed by atoms with Gasteiger partial charge in [-0.15, -0.1) is 0 Å². The van der Waals surface area contributed by atoms with E-state index in [0.29, 0.717) is 11.8 Å². The molecular formula is C15H22ClNO. The minimum Gasteiger partial charge on any atom is -0.496 e. The Morgan fingerprint density at radius 3 is 2.78 bits per heavy atom. The van der Waals surface area contributed by atoms with E-state index in [1.807, 2.05) is 18.2 Å². The molecule has 0 aromatic heterocycles. The largest absolute Gasteiger partial charge is 0.496 e. The monoisotopic (exact) mass is 267 g/mol. The van der Waals surface area contributed by atoms with Gasteiger partial charge in [0.15, 0.2) is 0 Å². The van der Waals surface area contributed by atoms with Gasteiger partial charge in [0.05, 0.1) is 7.11 Å². The third kappa shape index (κ3) is 2.24. The summed E-state index contributed by atoms with van der Waals surface area (Å²) in [5.74, 6) is 1.91. The zero-order valence-corrected chi connectivity index (χ0v) is 12.1. The van der Waals surface area contributed by atoms with Gasteiger partial charge in [-0.25, -0.2) is 0 Å². The molecular weight excluding hydrogens is 246 g/mol. The number of hydrogen-bond acceptors (Lipinski definition) is 2. The van der Waals surface area contributed by atoms with E-state index in [1.54, 1.807) is 7.11 Å². The Morgan fingerprint density at radius 2 is 2.11 bits per heavy atom. The highest BCUT2D eigenvalue weighted by Gasteiger charge is 2.41. The Hall–Kier alpha value is -0.730. The summed E-state index contributed by atoms with van der Waals surface area (Å²) in [4.78, 5) is 0. The number of rotatable bonds is 2. The maximum Gasteiger partial charge on any atom is 0.124 e. The van der Waals surface area contributed by atoms with Gasteiger partial charge in [0, 0.05) is 16.1 Å². The smallest absolute Gasteiger partial charge is 0.124 e. The van der Waals surface area contributed by atoms with E-state index in [0.717, 1.165) is 29.2 Å². The van der Waals surface area contributed by atoms with Gasteiger partial charge in [0.2, 0.25) is 0 Å². The highest BCUT2D eigenvalue weighted by Crippen LogP contribution is 2.45. The molecule has 0 saturated heterocycles. The third-order valence-corrected chi connectivity index (χ3v) is 4.81. The lowest BCUT2D eigenvalue weighted by Gasteiger charge is -2.44. The molecule has 18 heavy (non-hydrogen) atoms. The Kier molecular flexibility index (Phi) is 3.88. The molecule has 0 aliphatic heterocycles. The second-order valence-electron chi connectivity index (χ2n) is 5.54. The molecule has 0 radical (unpaired) electrons. The maximum absolute atomic E-state index is 6.72. The van der Waals surface area contributed by atoms with Gasteiger partial charge in [0.1, 0.15) is 5.75 Å². The van der Waals surface area contributed by atoms with Crippen LogP contribution < -0.4 is 10.5 Å². The molecule has 1 fully saturated rings. The average Bonchev–Trinajstić information content (AvgIpc) is 2.36. The van der Waals surface area contributed by atoms with Crippen molar-refractivity contribution in [2.24, 2.45) is 17.6 Å². The number of nitrogens with two attached hydrogens (primary N) is 1. The van der Waals surface area contributed by atoms with Crippen molar-refractivity contribution in [2.75, 3.05) is 7.11 Å². The summed E-state index contributed by atoms with van der Waals surface area (Å²) in [6.45, 7) is 4.52. The maximum atomic E-state index is 6.72. The Morgan fingerprint density at radius 1 is 1.39 bits per heavy atom. The number of ether oxygens (including phenoxy) is 1. The molecule has 1 aromatic carbocycles. The first-order chi connectivity index (χ1) is 8.49. The lowest BCUT2D eigenvalue weighted by atomic mass is 9.65. The van der Waals surface area contributed by atoms with Gasteiger partial charge in [0.25, 0.3) is 0 Å². The molecule has 3 unspecified atom stereocenters. The molecule has 1 aliphatic carbocycles. The van der Waals surface area contributed by atoms with E-state index in [9.17, 15) is 0 Å². The summed E-state index contributed by atoms with van der Waals surface area (Å²) < 4.78 is 5.46. The molecule has 1 aromatic rings. The molecule has 100 valence electrons. The minimum absolute atomic E-state index is 0.325. The predicted octanol–water partition coefficient (Wildman–Crippen LogP) is 3.96. The van der Waals surface area contributed by atoms with Crippen molar-refractivity contribution in [3.8, 4) is 5.75 Å². The van der Waals surface area contributed by atoms with Crippen LogP contribution in [-0.4, -0.2) is 7.11 Å². The quantitative estimate of drug-likeness (QED) is 0.880. The van der Waals surface area contributed by atoms with Crippen LogP contribution in [0.25, 0.3) is 0 Å². The molecule has 2 rings (SSSR count). The SMILES string of the molecule is COc1ccc(Cl)cc1C1(N)CCCC(C)C1C. The fourth-order valence-electron chi connectivity index (χ4n) is 3.13. The first-order valence-electron chi connectivity index (χ1n) is 6.62. The second kappa shape index (κ2) is 5.10. The zero-order chi connectivity index (χ0) is 13.3. The van der Waals surface area contributed by atoms with E-state index in [-0.39, 0.29) is 5.54 Å². The molecule has 1 saturated carbocycles. The zero-order valence-electron chi connectivity index (χ0n) is 11.4. The van der Waals surface area contributed by atoms with E-state index in [1.165, 1.54) is 6.42 Å². The normalized spacial score (nSPS) is 32.3. The van der Waals surface area contributed by atoms with E-state index in [2.05, 4.69) is 13.8 Å². The van der Waals surface area contributed by atoms with Crippen molar-refractivity contribution in [1.29, 1.82) is 0 Å². The summed E-state index contributed by atoms with van der Waals surface area (Å²) in [5, 5.41) is 0.723. The summed E-state index contributed by atoms with van der Waals surface area (Å²) in [7, 11) is 1.69. The fraction of sp³-hybridized carbons (Fsp3) is 0.600. The average molecular weight is 268 g/mol. The van der Waals surface area contributed by atoms with Crippen LogP contribution in [0.5, 0.6) is 5.75 Å². The summed E-state index contributed by atoms with van der Waals surface area (Å²) in [6.07, 6.45) is 3.41. The Labute approximate surface area is 114 Å². The van der Waals surface area contributed by atoms with Crippen LogP contribution in [0.1, 0.15) is 38.7 Å². The fourth-order valence-corrected chi connectivity index (χ4v) is 3.30. The van der Waals surface area contributed by atoms with Gasteiger partial charge in [-0.3, -0.25) is 0 Å². The van der Waals surface area contributed by atoms with Crippen molar-refractivity contribution in [2.45, 2.75) is 38.6 Å². The lowest BCUT2D eigenvalue weighted by Crippen LogP contribution is -2.48. The van der Waals surface area contributed by atoms with Crippen molar-refractivity contribution in [3.05, 3.63) is 28.8 Å². The van der Waals surface area contributed by atoms with Crippen molar-refractivity contribution in [1.82, 2.24) is 0 Å². The van der Waals surface area contributed by atoms with Gasteiger partial charge in [-0.1, -0.05) is 38.3 Å². The minimum atomic E-state index is -0.325.